The van der Waals surface area contributed by atoms with E-state index in [0.717, 1.165) is 34.3 Å². The van der Waals surface area contributed by atoms with Crippen LogP contribution in [0.2, 0.25) is 0 Å². The first-order chi connectivity index (χ1) is 20.2. The van der Waals surface area contributed by atoms with Crippen LogP contribution in [0.1, 0.15) is 29.0 Å². The Morgan fingerprint density at radius 2 is 1.93 bits per heavy atom. The number of aromatic nitrogens is 3. The molecule has 3 aromatic heterocycles. The predicted molar refractivity (Wildman–Crippen MR) is 156 cm³/mol. The summed E-state index contributed by atoms with van der Waals surface area (Å²) in [6, 6.07) is 11.3. The third-order valence-electron chi connectivity index (χ3n) is 7.39. The van der Waals surface area contributed by atoms with Crippen molar-refractivity contribution in [1.29, 1.82) is 0 Å². The summed E-state index contributed by atoms with van der Waals surface area (Å²) in [5.74, 6) is 1.84. The molecule has 11 nitrogen and oxygen atoms in total. The van der Waals surface area contributed by atoms with Gasteiger partial charge < -0.3 is 15.4 Å². The van der Waals surface area contributed by atoms with E-state index in [9.17, 15) is 23.2 Å². The molecule has 2 amide bonds. The number of carbonyl (C=O) groups is 2. The Morgan fingerprint density at radius 3 is 2.64 bits per heavy atom. The molecule has 1 saturated heterocycles. The van der Waals surface area contributed by atoms with E-state index >= 15 is 0 Å². The predicted octanol–water partition coefficient (Wildman–Crippen LogP) is 2.01. The molecule has 1 aliphatic carbocycles. The smallest absolute Gasteiger partial charge is 0.292 e. The summed E-state index contributed by atoms with van der Waals surface area (Å²) < 4.78 is 30.4. The molecule has 1 aromatic carbocycles. The highest BCUT2D eigenvalue weighted by atomic mass is 32.2. The number of pyridine rings is 1. The minimum Gasteiger partial charge on any atom is -0.618 e. The van der Waals surface area contributed by atoms with Crippen LogP contribution in [-0.4, -0.2) is 71.6 Å². The van der Waals surface area contributed by atoms with Gasteiger partial charge in [-0.2, -0.15) is 9.04 Å². The minimum atomic E-state index is -3.89. The summed E-state index contributed by atoms with van der Waals surface area (Å²) in [4.78, 5) is 35.9. The van der Waals surface area contributed by atoms with Crippen molar-refractivity contribution in [3.05, 3.63) is 77.7 Å². The Labute approximate surface area is 246 Å². The number of hydrogen-bond donors (Lipinski definition) is 1. The maximum atomic E-state index is 13.7. The number of benzene rings is 1. The molecule has 0 spiro atoms. The highest BCUT2D eigenvalue weighted by Crippen LogP contribution is 2.33. The van der Waals surface area contributed by atoms with Crippen molar-refractivity contribution in [3.8, 4) is 23.6 Å². The van der Waals surface area contributed by atoms with Crippen molar-refractivity contribution < 1.29 is 22.7 Å². The molecule has 4 aromatic rings. The fourth-order valence-electron chi connectivity index (χ4n) is 4.90. The van der Waals surface area contributed by atoms with Gasteiger partial charge in [-0.15, -0.1) is 17.8 Å². The van der Waals surface area contributed by atoms with Crippen LogP contribution < -0.4 is 10.0 Å². The van der Waals surface area contributed by atoms with Gasteiger partial charge in [0.2, 0.25) is 17.4 Å². The van der Waals surface area contributed by atoms with Crippen molar-refractivity contribution >= 4 is 43.3 Å². The molecule has 214 valence electrons. The summed E-state index contributed by atoms with van der Waals surface area (Å²) in [5.41, 5.74) is 1.45. The van der Waals surface area contributed by atoms with Gasteiger partial charge in [-0.05, 0) is 42.5 Å². The van der Waals surface area contributed by atoms with Gasteiger partial charge in [0.1, 0.15) is 4.21 Å². The van der Waals surface area contributed by atoms with E-state index in [1.807, 2.05) is 0 Å². The summed E-state index contributed by atoms with van der Waals surface area (Å²) >= 11 is 1.14. The maximum Gasteiger partial charge on any atom is 0.292 e. The quantitative estimate of drug-likeness (QED) is 0.194. The molecule has 1 saturated carbocycles. The zero-order valence-corrected chi connectivity index (χ0v) is 24.0. The maximum absolute atomic E-state index is 13.7. The number of fused-ring (bicyclic) bond motifs is 1. The SMILES string of the molecule is C#Cc1ccc2cc(S(=O)(=O)N3CCN(C(=O)c4ncc(-c5cccc[n+]5[O-])cn4)C(CNC(=O)C4CC4)C3)sc2c1. The molecule has 1 aliphatic heterocycles. The molecule has 1 atom stereocenters. The molecular formula is C29H26N6O5S2. The van der Waals surface area contributed by atoms with Crippen LogP contribution in [0.15, 0.2) is 65.3 Å². The van der Waals surface area contributed by atoms with Gasteiger partial charge in [-0.1, -0.05) is 12.0 Å². The van der Waals surface area contributed by atoms with Crippen molar-refractivity contribution in [3.63, 3.8) is 0 Å². The fourth-order valence-corrected chi connectivity index (χ4v) is 7.96. The van der Waals surface area contributed by atoms with E-state index in [4.69, 9.17) is 6.42 Å². The molecule has 6 rings (SSSR count). The molecular weight excluding hydrogens is 576 g/mol. The Kier molecular flexibility index (Phi) is 7.36. The first-order valence-corrected chi connectivity index (χ1v) is 15.6. The third kappa shape index (κ3) is 5.44. The number of piperazine rings is 1. The summed E-state index contributed by atoms with van der Waals surface area (Å²) in [7, 11) is -3.89. The van der Waals surface area contributed by atoms with Gasteiger partial charge in [0.15, 0.2) is 6.20 Å². The van der Waals surface area contributed by atoms with Gasteiger partial charge in [0.05, 0.1) is 11.6 Å². The average molecular weight is 603 g/mol. The number of amides is 2. The minimum absolute atomic E-state index is 0.0127. The Hall–Kier alpha value is -4.38. The second-order valence-corrected chi connectivity index (χ2v) is 13.5. The first-order valence-electron chi connectivity index (χ1n) is 13.3. The third-order valence-corrected chi connectivity index (χ3v) is 10.8. The highest BCUT2D eigenvalue weighted by Gasteiger charge is 2.39. The van der Waals surface area contributed by atoms with E-state index in [1.165, 1.54) is 27.8 Å². The number of nitrogens with zero attached hydrogens (tertiary/aromatic N) is 5. The molecule has 1 N–H and O–H groups in total. The lowest BCUT2D eigenvalue weighted by molar-refractivity contribution is -0.593. The molecule has 2 aliphatic rings. The van der Waals surface area contributed by atoms with Gasteiger partial charge >= 0.3 is 0 Å². The van der Waals surface area contributed by atoms with Crippen LogP contribution in [0.5, 0.6) is 0 Å². The summed E-state index contributed by atoms with van der Waals surface area (Å²) in [6.45, 7) is 0.215. The van der Waals surface area contributed by atoms with Crippen molar-refractivity contribution in [2.45, 2.75) is 23.1 Å². The van der Waals surface area contributed by atoms with E-state index in [-0.39, 0.29) is 48.0 Å². The lowest BCUT2D eigenvalue weighted by atomic mass is 10.1. The van der Waals surface area contributed by atoms with Crippen molar-refractivity contribution in [2.75, 3.05) is 26.2 Å². The molecule has 2 fully saturated rings. The van der Waals surface area contributed by atoms with Gasteiger partial charge in [0.25, 0.3) is 15.9 Å². The summed E-state index contributed by atoms with van der Waals surface area (Å²) in [6.07, 6.45) is 11.3. The molecule has 42 heavy (non-hydrogen) atoms. The monoisotopic (exact) mass is 602 g/mol. The molecule has 4 heterocycles. The van der Waals surface area contributed by atoms with Gasteiger partial charge in [0, 0.05) is 66.9 Å². The van der Waals surface area contributed by atoms with Crippen molar-refractivity contribution in [2.24, 2.45) is 5.92 Å². The standard InChI is InChI=1S/C29H26N6O5S2/c1-2-19-6-7-21-14-26(41-25(21)13-19)42(39,40)33-11-12-34(23(18-33)17-32-28(36)20-8-9-20)29(37)27-30-15-22(16-31-27)24-5-3-4-10-35(24)38/h1,3-7,10,13-16,20,23H,8-9,11-12,17-18H2,(H,32,36). The zero-order valence-electron chi connectivity index (χ0n) is 22.3. The number of nitrogens with one attached hydrogen (secondary N) is 1. The van der Waals surface area contributed by atoms with Crippen LogP contribution in [0.25, 0.3) is 21.3 Å². The first kappa shape index (κ1) is 27.8. The van der Waals surface area contributed by atoms with Crippen LogP contribution in [-0.2, 0) is 14.8 Å². The Balaban J connectivity index is 1.24. The number of carbonyl (C=O) groups excluding carboxylic acids is 2. The van der Waals surface area contributed by atoms with E-state index in [1.54, 1.807) is 42.5 Å². The van der Waals surface area contributed by atoms with Gasteiger partial charge in [-0.3, -0.25) is 9.59 Å². The van der Waals surface area contributed by atoms with Crippen LogP contribution in [0.3, 0.4) is 0 Å². The van der Waals surface area contributed by atoms with Crippen LogP contribution in [0.4, 0.5) is 0 Å². The molecule has 13 heteroatoms. The second-order valence-electron chi connectivity index (χ2n) is 10.2. The molecule has 0 radical (unpaired) electrons. The van der Waals surface area contributed by atoms with E-state index in [0.29, 0.717) is 21.6 Å². The lowest BCUT2D eigenvalue weighted by Crippen LogP contribution is -2.59. The van der Waals surface area contributed by atoms with E-state index in [2.05, 4.69) is 21.2 Å². The zero-order chi connectivity index (χ0) is 29.4. The largest absolute Gasteiger partial charge is 0.618 e. The highest BCUT2D eigenvalue weighted by molar-refractivity contribution is 7.91. The molecule has 0 bridgehead atoms. The van der Waals surface area contributed by atoms with Crippen LogP contribution >= 0.6 is 11.3 Å². The number of thiophene rings is 1. The normalized spacial score (nSPS) is 17.6. The Bertz CT molecular complexity index is 1830. The summed E-state index contributed by atoms with van der Waals surface area (Å²) in [5, 5.41) is 15.8. The number of rotatable bonds is 7. The van der Waals surface area contributed by atoms with Crippen molar-refractivity contribution in [1.82, 2.24) is 24.5 Å². The lowest BCUT2D eigenvalue weighted by Gasteiger charge is -2.40. The van der Waals surface area contributed by atoms with Crippen LogP contribution in [0, 0.1) is 23.5 Å². The average Bonchev–Trinajstić information content (AvgIpc) is 3.77. The molecule has 1 unspecified atom stereocenters. The second kappa shape index (κ2) is 11.1. The topological polar surface area (TPSA) is 140 Å². The number of sulfonamides is 1. The van der Waals surface area contributed by atoms with Gasteiger partial charge in [-0.25, -0.2) is 18.4 Å². The fraction of sp³-hybridized carbons (Fsp3) is 0.276. The Morgan fingerprint density at radius 1 is 1.14 bits per heavy atom. The number of terminal acetylenes is 1. The van der Waals surface area contributed by atoms with E-state index < -0.39 is 22.0 Å². The number of hydrogen-bond acceptors (Lipinski definition) is 8.